The molecule has 0 bridgehead atoms. The Kier molecular flexibility index (Phi) is 3.11. The summed E-state index contributed by atoms with van der Waals surface area (Å²) in [6, 6.07) is 7.91. The Bertz CT molecular complexity index is 451. The molecule has 2 rings (SSSR count). The Morgan fingerprint density at radius 1 is 0.933 bits per heavy atom. The van der Waals surface area contributed by atoms with E-state index in [0.717, 1.165) is 11.4 Å². The van der Waals surface area contributed by atoms with Crippen molar-refractivity contribution in [1.29, 1.82) is 0 Å². The molecule has 1 aliphatic carbocycles. The molecule has 0 saturated carbocycles. The fraction of sp³-hybridized carbons (Fsp3) is 0. The van der Waals surface area contributed by atoms with Crippen molar-refractivity contribution in [2.75, 3.05) is 0 Å². The van der Waals surface area contributed by atoms with E-state index in [9.17, 15) is 4.79 Å². The Morgan fingerprint density at radius 2 is 1.53 bits per heavy atom. The first-order valence-corrected chi connectivity index (χ1v) is 5.56. The third-order valence-corrected chi connectivity index (χ3v) is 2.64. The van der Waals surface area contributed by atoms with Crippen molar-refractivity contribution in [2.24, 2.45) is 4.99 Å². The summed E-state index contributed by atoms with van der Waals surface area (Å²) in [5.74, 6) is 0.0107. The summed E-state index contributed by atoms with van der Waals surface area (Å²) in [6.07, 6.45) is 6.48. The number of hydrogen-bond donors (Lipinski definition) is 0. The third kappa shape index (κ3) is 2.86. The number of carbonyl (C=O) groups is 1. The van der Waals surface area contributed by atoms with Gasteiger partial charge in [0, 0.05) is 3.57 Å². The van der Waals surface area contributed by atoms with Crippen LogP contribution in [0, 0.1) is 3.57 Å². The van der Waals surface area contributed by atoms with E-state index in [0.29, 0.717) is 0 Å². The summed E-state index contributed by atoms with van der Waals surface area (Å²) in [7, 11) is 0. The van der Waals surface area contributed by atoms with E-state index in [-0.39, 0.29) is 5.78 Å². The molecule has 0 unspecified atom stereocenters. The van der Waals surface area contributed by atoms with Gasteiger partial charge in [-0.1, -0.05) is 0 Å². The van der Waals surface area contributed by atoms with Crippen LogP contribution in [0.1, 0.15) is 0 Å². The van der Waals surface area contributed by atoms with Gasteiger partial charge in [0.15, 0.2) is 5.78 Å². The van der Waals surface area contributed by atoms with Gasteiger partial charge in [0.2, 0.25) is 0 Å². The monoisotopic (exact) mass is 309 g/mol. The lowest BCUT2D eigenvalue weighted by Crippen LogP contribution is -1.98. The van der Waals surface area contributed by atoms with Crippen LogP contribution in [0.2, 0.25) is 0 Å². The zero-order chi connectivity index (χ0) is 10.7. The number of carbonyl (C=O) groups excluding carboxylic acids is 1. The fourth-order valence-electron chi connectivity index (χ4n) is 1.19. The smallest absolute Gasteiger partial charge is 0.178 e. The second kappa shape index (κ2) is 4.53. The minimum Gasteiger partial charge on any atom is -0.290 e. The molecular weight excluding hydrogens is 301 g/mol. The van der Waals surface area contributed by atoms with E-state index >= 15 is 0 Å². The van der Waals surface area contributed by atoms with Gasteiger partial charge in [-0.3, -0.25) is 4.79 Å². The van der Waals surface area contributed by atoms with E-state index in [1.165, 1.54) is 15.7 Å². The molecule has 0 heterocycles. The number of halogens is 1. The number of aliphatic imine (C=N–C) groups is 1. The maximum absolute atomic E-state index is 10.9. The molecule has 15 heavy (non-hydrogen) atoms. The molecule has 3 heteroatoms. The van der Waals surface area contributed by atoms with Crippen LogP contribution in [0.3, 0.4) is 0 Å². The van der Waals surface area contributed by atoms with Gasteiger partial charge in [0.05, 0.1) is 11.4 Å². The van der Waals surface area contributed by atoms with Crippen molar-refractivity contribution in [3.8, 4) is 0 Å². The molecule has 1 aromatic rings. The highest BCUT2D eigenvalue weighted by molar-refractivity contribution is 14.1. The van der Waals surface area contributed by atoms with Gasteiger partial charge in [-0.2, -0.15) is 0 Å². The minimum absolute atomic E-state index is 0.0107. The number of nitrogens with zero attached hydrogens (tertiary/aromatic N) is 1. The molecule has 1 aliphatic rings. The highest BCUT2D eigenvalue weighted by atomic mass is 127. The van der Waals surface area contributed by atoms with Crippen molar-refractivity contribution in [1.82, 2.24) is 0 Å². The Morgan fingerprint density at radius 3 is 2.13 bits per heavy atom. The summed E-state index contributed by atoms with van der Waals surface area (Å²) in [6.45, 7) is 0. The molecule has 0 aliphatic heterocycles. The van der Waals surface area contributed by atoms with Crippen molar-refractivity contribution in [3.05, 3.63) is 52.1 Å². The third-order valence-electron chi connectivity index (χ3n) is 1.92. The molecular formula is C12H8INO. The first-order chi connectivity index (χ1) is 7.24. The van der Waals surface area contributed by atoms with Crippen LogP contribution in [0.4, 0.5) is 5.69 Å². The minimum atomic E-state index is 0.0107. The second-order valence-electron chi connectivity index (χ2n) is 3.08. The molecule has 0 saturated heterocycles. The largest absolute Gasteiger partial charge is 0.290 e. The van der Waals surface area contributed by atoms with Gasteiger partial charge in [-0.15, -0.1) is 0 Å². The van der Waals surface area contributed by atoms with E-state index in [2.05, 4.69) is 27.6 Å². The summed E-state index contributed by atoms with van der Waals surface area (Å²) >= 11 is 2.25. The van der Waals surface area contributed by atoms with Crippen molar-refractivity contribution in [2.45, 2.75) is 0 Å². The van der Waals surface area contributed by atoms with Crippen LogP contribution in [0.15, 0.2) is 53.6 Å². The zero-order valence-electron chi connectivity index (χ0n) is 7.85. The second-order valence-corrected chi connectivity index (χ2v) is 4.33. The number of benzene rings is 1. The molecule has 0 amide bonds. The standard InChI is InChI=1S/C12H8INO/c13-9-1-3-10(4-2-9)14-11-5-7-12(15)8-6-11/h1-8H. The molecule has 0 aromatic heterocycles. The summed E-state index contributed by atoms with van der Waals surface area (Å²) in [4.78, 5) is 15.3. The van der Waals surface area contributed by atoms with Crippen LogP contribution in [-0.4, -0.2) is 11.5 Å². The van der Waals surface area contributed by atoms with Gasteiger partial charge in [0.25, 0.3) is 0 Å². The predicted molar refractivity (Wildman–Crippen MR) is 69.5 cm³/mol. The van der Waals surface area contributed by atoms with Crippen molar-refractivity contribution < 1.29 is 4.79 Å². The molecule has 74 valence electrons. The normalized spacial score (nSPS) is 14.5. The first kappa shape index (κ1) is 10.3. The van der Waals surface area contributed by atoms with Gasteiger partial charge < -0.3 is 0 Å². The van der Waals surface area contributed by atoms with Crippen molar-refractivity contribution in [3.63, 3.8) is 0 Å². The topological polar surface area (TPSA) is 29.4 Å². The lowest BCUT2D eigenvalue weighted by Gasteiger charge is -1.99. The van der Waals surface area contributed by atoms with E-state index < -0.39 is 0 Å². The molecule has 1 aromatic carbocycles. The molecule has 0 N–H and O–H groups in total. The van der Waals surface area contributed by atoms with E-state index in [4.69, 9.17) is 0 Å². The number of rotatable bonds is 1. The van der Waals surface area contributed by atoms with E-state index in [1.807, 2.05) is 24.3 Å². The number of allylic oxidation sites excluding steroid dienone is 4. The SMILES string of the molecule is O=C1C=CC(=Nc2ccc(I)cc2)C=C1. The summed E-state index contributed by atoms with van der Waals surface area (Å²) < 4.78 is 1.18. The highest BCUT2D eigenvalue weighted by Crippen LogP contribution is 2.15. The van der Waals surface area contributed by atoms with Gasteiger partial charge in [0.1, 0.15) is 0 Å². The van der Waals surface area contributed by atoms with Crippen molar-refractivity contribution >= 4 is 39.8 Å². The predicted octanol–water partition coefficient (Wildman–Crippen LogP) is 3.06. The fourth-order valence-corrected chi connectivity index (χ4v) is 1.54. The molecule has 0 atom stereocenters. The average Bonchev–Trinajstić information content (AvgIpc) is 2.25. The molecule has 2 nitrogen and oxygen atoms in total. The Labute approximate surface area is 102 Å². The zero-order valence-corrected chi connectivity index (χ0v) is 10.0. The average molecular weight is 309 g/mol. The molecule has 0 radical (unpaired) electrons. The quantitative estimate of drug-likeness (QED) is 0.579. The number of ketones is 1. The Hall–Kier alpha value is -1.23. The van der Waals surface area contributed by atoms with Crippen LogP contribution in [0.25, 0.3) is 0 Å². The van der Waals surface area contributed by atoms with E-state index in [1.54, 1.807) is 12.2 Å². The van der Waals surface area contributed by atoms with Gasteiger partial charge in [-0.25, -0.2) is 4.99 Å². The molecule has 0 spiro atoms. The summed E-state index contributed by atoms with van der Waals surface area (Å²) in [5.41, 5.74) is 1.70. The first-order valence-electron chi connectivity index (χ1n) is 4.48. The summed E-state index contributed by atoms with van der Waals surface area (Å²) in [5, 5.41) is 0. The van der Waals surface area contributed by atoms with Gasteiger partial charge in [-0.05, 0) is 71.2 Å². The van der Waals surface area contributed by atoms with Gasteiger partial charge >= 0.3 is 0 Å². The Balaban J connectivity index is 2.24. The lowest BCUT2D eigenvalue weighted by atomic mass is 10.1. The maximum Gasteiger partial charge on any atom is 0.178 e. The number of hydrogen-bond acceptors (Lipinski definition) is 2. The van der Waals surface area contributed by atoms with Crippen LogP contribution >= 0.6 is 22.6 Å². The van der Waals surface area contributed by atoms with Crippen LogP contribution in [0.5, 0.6) is 0 Å². The van der Waals surface area contributed by atoms with Crippen LogP contribution < -0.4 is 0 Å². The maximum atomic E-state index is 10.9. The molecule has 0 fully saturated rings. The highest BCUT2D eigenvalue weighted by Gasteiger charge is 1.99. The van der Waals surface area contributed by atoms with Crippen LogP contribution in [-0.2, 0) is 4.79 Å². The lowest BCUT2D eigenvalue weighted by molar-refractivity contribution is -0.110.